The molecule has 0 aliphatic heterocycles. The van der Waals surface area contributed by atoms with Crippen molar-refractivity contribution in [1.82, 2.24) is 0 Å². The molecule has 22 heavy (non-hydrogen) atoms. The van der Waals surface area contributed by atoms with E-state index in [4.69, 9.17) is 0 Å². The first-order valence-corrected chi connectivity index (χ1v) is 7.66. The molecule has 2 N–H and O–H groups in total. The summed E-state index contributed by atoms with van der Waals surface area (Å²) in [7, 11) is 0. The Morgan fingerprint density at radius 3 is 2.32 bits per heavy atom. The molecule has 0 bridgehead atoms. The van der Waals surface area contributed by atoms with Crippen LogP contribution in [0.4, 0.5) is 11.4 Å². The monoisotopic (exact) mass is 360 g/mol. The maximum absolute atomic E-state index is 12.1. The molecule has 0 radical (unpaired) electrons. The molecule has 0 spiro atoms. The predicted molar refractivity (Wildman–Crippen MR) is 92.0 cm³/mol. The SMILES string of the molecule is CC(=O)Nc1ccc(CC(=O)Nc2ccc(C)cc2Br)cc1. The van der Waals surface area contributed by atoms with Crippen molar-refractivity contribution in [3.05, 3.63) is 58.1 Å². The van der Waals surface area contributed by atoms with Crippen molar-refractivity contribution >= 4 is 39.1 Å². The van der Waals surface area contributed by atoms with Gasteiger partial charge in [0.15, 0.2) is 0 Å². The Balaban J connectivity index is 1.98. The number of hydrogen-bond donors (Lipinski definition) is 2. The number of anilines is 2. The summed E-state index contributed by atoms with van der Waals surface area (Å²) in [5.41, 5.74) is 3.48. The molecule has 0 atom stereocenters. The van der Waals surface area contributed by atoms with Crippen molar-refractivity contribution in [2.45, 2.75) is 20.3 Å². The average molecular weight is 361 g/mol. The van der Waals surface area contributed by atoms with Crippen molar-refractivity contribution in [1.29, 1.82) is 0 Å². The number of carbonyl (C=O) groups is 2. The van der Waals surface area contributed by atoms with E-state index in [0.717, 1.165) is 27.0 Å². The van der Waals surface area contributed by atoms with E-state index in [1.54, 1.807) is 12.1 Å². The smallest absolute Gasteiger partial charge is 0.228 e. The minimum absolute atomic E-state index is 0.0863. The van der Waals surface area contributed by atoms with Gasteiger partial charge in [-0.15, -0.1) is 0 Å². The zero-order chi connectivity index (χ0) is 16.1. The number of aryl methyl sites for hydroxylation is 1. The fourth-order valence-corrected chi connectivity index (χ4v) is 2.60. The lowest BCUT2D eigenvalue weighted by Gasteiger charge is -2.09. The molecule has 2 rings (SSSR count). The normalized spacial score (nSPS) is 10.1. The van der Waals surface area contributed by atoms with Gasteiger partial charge >= 0.3 is 0 Å². The van der Waals surface area contributed by atoms with Crippen LogP contribution in [-0.2, 0) is 16.0 Å². The molecule has 0 aliphatic rings. The molecule has 4 nitrogen and oxygen atoms in total. The average Bonchev–Trinajstić information content (AvgIpc) is 2.43. The number of carbonyl (C=O) groups excluding carboxylic acids is 2. The Hall–Kier alpha value is -2.14. The second kappa shape index (κ2) is 7.22. The van der Waals surface area contributed by atoms with E-state index in [9.17, 15) is 9.59 Å². The maximum atomic E-state index is 12.1. The summed E-state index contributed by atoms with van der Waals surface area (Å²) >= 11 is 3.44. The van der Waals surface area contributed by atoms with Gasteiger partial charge in [-0.1, -0.05) is 18.2 Å². The highest BCUT2D eigenvalue weighted by atomic mass is 79.9. The van der Waals surface area contributed by atoms with E-state index >= 15 is 0 Å². The van der Waals surface area contributed by atoms with Crippen molar-refractivity contribution in [3.8, 4) is 0 Å². The van der Waals surface area contributed by atoms with Crippen molar-refractivity contribution < 1.29 is 9.59 Å². The lowest BCUT2D eigenvalue weighted by Crippen LogP contribution is -2.14. The number of amides is 2. The van der Waals surface area contributed by atoms with Gasteiger partial charge in [0, 0.05) is 17.1 Å². The summed E-state index contributed by atoms with van der Waals surface area (Å²) < 4.78 is 0.863. The predicted octanol–water partition coefficient (Wildman–Crippen LogP) is 3.90. The third-order valence-electron chi connectivity index (χ3n) is 3.04. The molecule has 5 heteroatoms. The van der Waals surface area contributed by atoms with Gasteiger partial charge in [-0.05, 0) is 58.2 Å². The Labute approximate surface area is 138 Å². The van der Waals surface area contributed by atoms with E-state index in [1.165, 1.54) is 6.92 Å². The van der Waals surface area contributed by atoms with Crippen LogP contribution in [0.2, 0.25) is 0 Å². The second-order valence-corrected chi connectivity index (χ2v) is 5.94. The third kappa shape index (κ3) is 4.70. The minimum Gasteiger partial charge on any atom is -0.326 e. The van der Waals surface area contributed by atoms with Crippen LogP contribution in [0.5, 0.6) is 0 Å². The largest absolute Gasteiger partial charge is 0.326 e. The summed E-state index contributed by atoms with van der Waals surface area (Å²) in [6.45, 7) is 3.45. The molecule has 0 saturated carbocycles. The first kappa shape index (κ1) is 16.2. The van der Waals surface area contributed by atoms with E-state index in [0.29, 0.717) is 0 Å². The number of halogens is 1. The molecule has 2 aromatic rings. The van der Waals surface area contributed by atoms with Gasteiger partial charge in [-0.3, -0.25) is 9.59 Å². The summed E-state index contributed by atoms with van der Waals surface area (Å²) in [4.78, 5) is 23.0. The first-order valence-electron chi connectivity index (χ1n) is 6.86. The van der Waals surface area contributed by atoms with E-state index < -0.39 is 0 Å². The number of hydrogen-bond acceptors (Lipinski definition) is 2. The number of rotatable bonds is 4. The lowest BCUT2D eigenvalue weighted by molar-refractivity contribution is -0.116. The quantitative estimate of drug-likeness (QED) is 0.868. The number of benzene rings is 2. The molecule has 0 aliphatic carbocycles. The fourth-order valence-electron chi connectivity index (χ4n) is 2.01. The zero-order valence-corrected chi connectivity index (χ0v) is 14.0. The molecule has 0 heterocycles. The van der Waals surface area contributed by atoms with E-state index in [1.807, 2.05) is 37.3 Å². The van der Waals surface area contributed by atoms with Crippen molar-refractivity contribution in [3.63, 3.8) is 0 Å². The Morgan fingerprint density at radius 2 is 1.73 bits per heavy atom. The maximum Gasteiger partial charge on any atom is 0.228 e. The van der Waals surface area contributed by atoms with Gasteiger partial charge in [0.05, 0.1) is 12.1 Å². The van der Waals surface area contributed by atoms with E-state index in [2.05, 4.69) is 26.6 Å². The second-order valence-electron chi connectivity index (χ2n) is 5.09. The Kier molecular flexibility index (Phi) is 5.33. The standard InChI is InChI=1S/C17H17BrN2O2/c1-11-3-8-16(15(18)9-11)20-17(22)10-13-4-6-14(7-5-13)19-12(2)21/h3-9H,10H2,1-2H3,(H,19,21)(H,20,22). The molecule has 2 amide bonds. The Morgan fingerprint density at radius 1 is 1.05 bits per heavy atom. The molecule has 0 unspecified atom stereocenters. The van der Waals surface area contributed by atoms with Crippen LogP contribution >= 0.6 is 15.9 Å². The van der Waals surface area contributed by atoms with Crippen LogP contribution in [0, 0.1) is 6.92 Å². The summed E-state index contributed by atoms with van der Waals surface area (Å²) in [6.07, 6.45) is 0.278. The van der Waals surface area contributed by atoms with Gasteiger partial charge in [0.1, 0.15) is 0 Å². The van der Waals surface area contributed by atoms with E-state index in [-0.39, 0.29) is 18.2 Å². The summed E-state index contributed by atoms with van der Waals surface area (Å²) in [5, 5.41) is 5.57. The van der Waals surface area contributed by atoms with Gasteiger partial charge in [0.25, 0.3) is 0 Å². The Bertz CT molecular complexity index is 696. The van der Waals surface area contributed by atoms with Gasteiger partial charge in [-0.25, -0.2) is 0 Å². The molecule has 0 aromatic heterocycles. The molecule has 2 aromatic carbocycles. The number of nitrogens with one attached hydrogen (secondary N) is 2. The highest BCUT2D eigenvalue weighted by molar-refractivity contribution is 9.10. The molecule has 0 fully saturated rings. The highest BCUT2D eigenvalue weighted by Gasteiger charge is 2.07. The van der Waals surface area contributed by atoms with Gasteiger partial charge in [0.2, 0.25) is 11.8 Å². The lowest BCUT2D eigenvalue weighted by atomic mass is 10.1. The van der Waals surface area contributed by atoms with Crippen LogP contribution < -0.4 is 10.6 Å². The summed E-state index contributed by atoms with van der Waals surface area (Å²) in [6, 6.07) is 13.0. The van der Waals surface area contributed by atoms with Crippen LogP contribution in [0.25, 0.3) is 0 Å². The zero-order valence-electron chi connectivity index (χ0n) is 12.4. The highest BCUT2D eigenvalue weighted by Crippen LogP contribution is 2.23. The molecular formula is C17H17BrN2O2. The minimum atomic E-state index is -0.116. The van der Waals surface area contributed by atoms with Crippen molar-refractivity contribution in [2.24, 2.45) is 0 Å². The molecule has 0 saturated heterocycles. The third-order valence-corrected chi connectivity index (χ3v) is 3.69. The van der Waals surface area contributed by atoms with Crippen LogP contribution in [-0.4, -0.2) is 11.8 Å². The molecule has 114 valence electrons. The van der Waals surface area contributed by atoms with Crippen molar-refractivity contribution in [2.75, 3.05) is 10.6 Å². The van der Waals surface area contributed by atoms with Gasteiger partial charge < -0.3 is 10.6 Å². The van der Waals surface area contributed by atoms with Crippen LogP contribution in [0.3, 0.4) is 0 Å². The van der Waals surface area contributed by atoms with Crippen LogP contribution in [0.15, 0.2) is 46.9 Å². The topological polar surface area (TPSA) is 58.2 Å². The first-order chi connectivity index (χ1) is 10.4. The molecular weight excluding hydrogens is 344 g/mol. The summed E-state index contributed by atoms with van der Waals surface area (Å²) in [5.74, 6) is -0.202. The fraction of sp³-hybridized carbons (Fsp3) is 0.176. The van der Waals surface area contributed by atoms with Crippen LogP contribution in [0.1, 0.15) is 18.1 Å². The van der Waals surface area contributed by atoms with Gasteiger partial charge in [-0.2, -0.15) is 0 Å².